The van der Waals surface area contributed by atoms with E-state index >= 15 is 0 Å². The lowest BCUT2D eigenvalue weighted by Gasteiger charge is -2.27. The average molecular weight is 407 g/mol. The molecule has 0 saturated heterocycles. The molecule has 2 aromatic rings. The fourth-order valence-electron chi connectivity index (χ4n) is 2.75. The highest BCUT2D eigenvalue weighted by Gasteiger charge is 2.19. The van der Waals surface area contributed by atoms with Crippen molar-refractivity contribution in [3.8, 4) is 0 Å². The molecular formula is C21H31FN4OS. The van der Waals surface area contributed by atoms with Crippen LogP contribution in [0.2, 0.25) is 0 Å². The topological polar surface area (TPSA) is 58.1 Å². The number of rotatable bonds is 11. The molecule has 0 radical (unpaired) electrons. The SMILES string of the molecule is CCC(C)N(CCC(=O)NCCC(C)C)c1nc(Cc2ccc(F)cc2)ns1. The Morgan fingerprint density at radius 3 is 2.61 bits per heavy atom. The molecule has 7 heteroatoms. The van der Waals surface area contributed by atoms with Gasteiger partial charge in [0.25, 0.3) is 0 Å². The standard InChI is InChI=1S/C21H31FN4OS/c1-5-16(4)26(13-11-20(27)23-12-10-15(2)3)21-24-19(25-28-21)14-17-6-8-18(22)9-7-17/h6-9,15-16H,5,10-14H2,1-4H3,(H,23,27). The molecule has 1 N–H and O–H groups in total. The van der Waals surface area contributed by atoms with Crippen molar-refractivity contribution < 1.29 is 9.18 Å². The molecule has 0 aliphatic rings. The summed E-state index contributed by atoms with van der Waals surface area (Å²) < 4.78 is 17.5. The maximum Gasteiger partial charge on any atom is 0.221 e. The Morgan fingerprint density at radius 1 is 1.25 bits per heavy atom. The van der Waals surface area contributed by atoms with Gasteiger partial charge in [-0.05, 0) is 43.4 Å². The summed E-state index contributed by atoms with van der Waals surface area (Å²) in [5.41, 5.74) is 0.977. The van der Waals surface area contributed by atoms with Crippen molar-refractivity contribution in [1.82, 2.24) is 14.7 Å². The van der Waals surface area contributed by atoms with Crippen LogP contribution in [0.15, 0.2) is 24.3 Å². The summed E-state index contributed by atoms with van der Waals surface area (Å²) in [5.74, 6) is 1.13. The number of nitrogens with one attached hydrogen (secondary N) is 1. The minimum Gasteiger partial charge on any atom is -0.356 e. The second kappa shape index (κ2) is 11.1. The van der Waals surface area contributed by atoms with Crippen LogP contribution in [0.3, 0.4) is 0 Å². The summed E-state index contributed by atoms with van der Waals surface area (Å²) in [7, 11) is 0. The molecule has 0 bridgehead atoms. The first-order valence-corrected chi connectivity index (χ1v) is 10.8. The monoisotopic (exact) mass is 406 g/mol. The van der Waals surface area contributed by atoms with Gasteiger partial charge in [0.15, 0.2) is 0 Å². The van der Waals surface area contributed by atoms with Crippen molar-refractivity contribution in [3.63, 3.8) is 0 Å². The number of nitrogens with zero attached hydrogens (tertiary/aromatic N) is 3. The van der Waals surface area contributed by atoms with E-state index in [1.807, 2.05) is 0 Å². The molecule has 0 aliphatic carbocycles. The summed E-state index contributed by atoms with van der Waals surface area (Å²) in [6, 6.07) is 6.68. The van der Waals surface area contributed by atoms with E-state index in [2.05, 4.69) is 47.3 Å². The molecule has 1 amide bonds. The molecule has 1 aromatic heterocycles. The Labute approximate surface area is 171 Å². The fraction of sp³-hybridized carbons (Fsp3) is 0.571. The molecule has 1 atom stereocenters. The maximum atomic E-state index is 13.1. The zero-order valence-electron chi connectivity index (χ0n) is 17.2. The van der Waals surface area contributed by atoms with Gasteiger partial charge in [-0.3, -0.25) is 4.79 Å². The molecule has 1 aromatic carbocycles. The van der Waals surface area contributed by atoms with Crippen molar-refractivity contribution in [1.29, 1.82) is 0 Å². The first-order valence-electron chi connectivity index (χ1n) is 9.99. The quantitative estimate of drug-likeness (QED) is 0.600. The molecule has 0 aliphatic heterocycles. The second-order valence-corrected chi connectivity index (χ2v) is 8.26. The first kappa shape index (κ1) is 22.3. The van der Waals surface area contributed by atoms with E-state index in [9.17, 15) is 9.18 Å². The molecule has 5 nitrogen and oxygen atoms in total. The molecule has 154 valence electrons. The van der Waals surface area contributed by atoms with Crippen LogP contribution < -0.4 is 10.2 Å². The Balaban J connectivity index is 1.96. The zero-order valence-corrected chi connectivity index (χ0v) is 18.1. The predicted molar refractivity (Wildman–Crippen MR) is 113 cm³/mol. The summed E-state index contributed by atoms with van der Waals surface area (Å²) in [4.78, 5) is 19.0. The minimum atomic E-state index is -0.245. The van der Waals surface area contributed by atoms with E-state index < -0.39 is 0 Å². The zero-order chi connectivity index (χ0) is 20.5. The van der Waals surface area contributed by atoms with Gasteiger partial charge >= 0.3 is 0 Å². The number of hydrogen-bond donors (Lipinski definition) is 1. The van der Waals surface area contributed by atoms with E-state index in [4.69, 9.17) is 0 Å². The number of aromatic nitrogens is 2. The minimum absolute atomic E-state index is 0.0741. The Morgan fingerprint density at radius 2 is 1.96 bits per heavy atom. The van der Waals surface area contributed by atoms with E-state index in [1.54, 1.807) is 12.1 Å². The molecular weight excluding hydrogens is 375 g/mol. The first-order chi connectivity index (χ1) is 13.4. The number of carbonyl (C=O) groups is 1. The highest BCUT2D eigenvalue weighted by atomic mass is 32.1. The predicted octanol–water partition coefficient (Wildman–Crippen LogP) is 4.43. The molecule has 0 saturated carbocycles. The van der Waals surface area contributed by atoms with Gasteiger partial charge in [0, 0.05) is 43.5 Å². The third-order valence-electron chi connectivity index (χ3n) is 4.73. The third-order valence-corrected chi connectivity index (χ3v) is 5.52. The maximum absolute atomic E-state index is 13.1. The van der Waals surface area contributed by atoms with Gasteiger partial charge in [0.05, 0.1) is 0 Å². The molecule has 1 heterocycles. The average Bonchev–Trinajstić information content (AvgIpc) is 3.11. The van der Waals surface area contributed by atoms with Crippen LogP contribution in [0.5, 0.6) is 0 Å². The Hall–Kier alpha value is -2.02. The number of benzene rings is 1. The highest BCUT2D eigenvalue weighted by Crippen LogP contribution is 2.22. The van der Waals surface area contributed by atoms with Crippen LogP contribution in [-0.4, -0.2) is 34.4 Å². The van der Waals surface area contributed by atoms with Crippen molar-refractivity contribution in [3.05, 3.63) is 41.5 Å². The van der Waals surface area contributed by atoms with Gasteiger partial charge in [-0.2, -0.15) is 4.37 Å². The molecule has 2 rings (SSSR count). The largest absolute Gasteiger partial charge is 0.356 e. The smallest absolute Gasteiger partial charge is 0.221 e. The van der Waals surface area contributed by atoms with Crippen LogP contribution >= 0.6 is 11.5 Å². The van der Waals surface area contributed by atoms with Gasteiger partial charge in [-0.1, -0.05) is 32.9 Å². The molecule has 0 fully saturated rings. The van der Waals surface area contributed by atoms with E-state index in [1.165, 1.54) is 23.7 Å². The third kappa shape index (κ3) is 7.19. The van der Waals surface area contributed by atoms with Gasteiger partial charge in [0.1, 0.15) is 11.6 Å². The Kier molecular flexibility index (Phi) is 8.83. The summed E-state index contributed by atoms with van der Waals surface area (Å²) >= 11 is 1.36. The summed E-state index contributed by atoms with van der Waals surface area (Å²) in [6.45, 7) is 9.90. The highest BCUT2D eigenvalue weighted by molar-refractivity contribution is 7.09. The van der Waals surface area contributed by atoms with Crippen LogP contribution in [0.25, 0.3) is 0 Å². The molecule has 28 heavy (non-hydrogen) atoms. The van der Waals surface area contributed by atoms with Crippen LogP contribution in [0.4, 0.5) is 9.52 Å². The van der Waals surface area contributed by atoms with Crippen LogP contribution in [0.1, 0.15) is 58.3 Å². The number of amides is 1. The van der Waals surface area contributed by atoms with Crippen LogP contribution in [-0.2, 0) is 11.2 Å². The van der Waals surface area contributed by atoms with Gasteiger partial charge in [0.2, 0.25) is 11.0 Å². The van der Waals surface area contributed by atoms with E-state index in [0.717, 1.165) is 35.9 Å². The van der Waals surface area contributed by atoms with Crippen molar-refractivity contribution in [2.24, 2.45) is 5.92 Å². The van der Waals surface area contributed by atoms with Crippen molar-refractivity contribution >= 4 is 22.6 Å². The second-order valence-electron chi connectivity index (χ2n) is 7.53. The molecule has 0 spiro atoms. The van der Waals surface area contributed by atoms with Gasteiger partial charge in [-0.15, -0.1) is 0 Å². The van der Waals surface area contributed by atoms with Crippen LogP contribution in [0, 0.1) is 11.7 Å². The fourth-order valence-corrected chi connectivity index (χ4v) is 3.57. The summed E-state index contributed by atoms with van der Waals surface area (Å²) in [6.07, 6.45) is 2.96. The lowest BCUT2D eigenvalue weighted by molar-refractivity contribution is -0.120. The van der Waals surface area contributed by atoms with Gasteiger partial charge < -0.3 is 10.2 Å². The molecule has 1 unspecified atom stereocenters. The lowest BCUT2D eigenvalue weighted by Crippen LogP contribution is -2.36. The number of halogens is 1. The van der Waals surface area contributed by atoms with Crippen molar-refractivity contribution in [2.75, 3.05) is 18.0 Å². The van der Waals surface area contributed by atoms with E-state index in [0.29, 0.717) is 25.3 Å². The summed E-state index contributed by atoms with van der Waals surface area (Å²) in [5, 5.41) is 3.83. The Bertz CT molecular complexity index is 732. The number of hydrogen-bond acceptors (Lipinski definition) is 5. The lowest BCUT2D eigenvalue weighted by atomic mass is 10.1. The van der Waals surface area contributed by atoms with Gasteiger partial charge in [-0.25, -0.2) is 9.37 Å². The number of anilines is 1. The normalized spacial score (nSPS) is 12.2. The number of carbonyl (C=O) groups excluding carboxylic acids is 1. The van der Waals surface area contributed by atoms with Crippen molar-refractivity contribution in [2.45, 2.75) is 59.4 Å². The van der Waals surface area contributed by atoms with E-state index in [-0.39, 0.29) is 17.8 Å².